The van der Waals surface area contributed by atoms with Gasteiger partial charge in [-0.15, -0.1) is 0 Å². The van der Waals surface area contributed by atoms with E-state index >= 15 is 0 Å². The molecular weight excluding hydrogens is 312 g/mol. The van der Waals surface area contributed by atoms with Crippen LogP contribution in [0.25, 0.3) is 10.9 Å². The fourth-order valence-electron chi connectivity index (χ4n) is 3.64. The Hall–Kier alpha value is -2.75. The molecule has 1 aliphatic rings. The van der Waals surface area contributed by atoms with E-state index in [1.54, 1.807) is 0 Å². The number of carbonyl (C=O) groups is 1. The maximum atomic E-state index is 12.7. The standard InChI is InChI=1S/C21H22N2O2/c1-2-25-16-10-8-15(9-11-16)22-21(24)14-7-12-20-18(13-14)17-5-3-4-6-19(17)23-20/h3-6,8-11,14,23H,2,7,12-13H2,1H3,(H,22,24). The van der Waals surface area contributed by atoms with E-state index in [-0.39, 0.29) is 11.8 Å². The van der Waals surface area contributed by atoms with Crippen LogP contribution in [0, 0.1) is 5.92 Å². The van der Waals surface area contributed by atoms with Crippen molar-refractivity contribution in [2.75, 3.05) is 11.9 Å². The topological polar surface area (TPSA) is 54.1 Å². The molecule has 1 amide bonds. The Morgan fingerprint density at radius 1 is 1.20 bits per heavy atom. The number of para-hydroxylation sites is 1. The van der Waals surface area contributed by atoms with Crippen LogP contribution in [-0.4, -0.2) is 17.5 Å². The van der Waals surface area contributed by atoms with Gasteiger partial charge in [0, 0.05) is 28.2 Å². The van der Waals surface area contributed by atoms with Crippen LogP contribution in [0.2, 0.25) is 0 Å². The predicted octanol–water partition coefficient (Wildman–Crippen LogP) is 4.31. The van der Waals surface area contributed by atoms with Crippen LogP contribution >= 0.6 is 0 Å². The summed E-state index contributed by atoms with van der Waals surface area (Å²) in [5.41, 5.74) is 4.57. The minimum absolute atomic E-state index is 0.0123. The van der Waals surface area contributed by atoms with Gasteiger partial charge >= 0.3 is 0 Å². The van der Waals surface area contributed by atoms with Crippen molar-refractivity contribution in [2.45, 2.75) is 26.2 Å². The largest absolute Gasteiger partial charge is 0.494 e. The van der Waals surface area contributed by atoms with Gasteiger partial charge in [0.05, 0.1) is 6.61 Å². The molecule has 4 rings (SSSR count). The Morgan fingerprint density at radius 3 is 2.80 bits per heavy atom. The van der Waals surface area contributed by atoms with Crippen molar-refractivity contribution in [3.05, 3.63) is 59.8 Å². The van der Waals surface area contributed by atoms with Gasteiger partial charge in [-0.25, -0.2) is 0 Å². The minimum atomic E-state index is 0.0123. The number of rotatable bonds is 4. The summed E-state index contributed by atoms with van der Waals surface area (Å²) in [6.07, 6.45) is 2.59. The highest BCUT2D eigenvalue weighted by Gasteiger charge is 2.27. The van der Waals surface area contributed by atoms with E-state index in [1.165, 1.54) is 22.2 Å². The summed E-state index contributed by atoms with van der Waals surface area (Å²) in [5.74, 6) is 0.931. The molecule has 0 bridgehead atoms. The van der Waals surface area contributed by atoms with Crippen molar-refractivity contribution in [3.8, 4) is 5.75 Å². The third-order valence-corrected chi connectivity index (χ3v) is 4.90. The zero-order valence-corrected chi connectivity index (χ0v) is 14.3. The van der Waals surface area contributed by atoms with Gasteiger partial charge in [-0.3, -0.25) is 4.79 Å². The number of aromatic amines is 1. The Kier molecular flexibility index (Phi) is 4.18. The first-order chi connectivity index (χ1) is 12.2. The molecule has 1 heterocycles. The molecule has 1 aliphatic carbocycles. The number of ether oxygens (including phenoxy) is 1. The summed E-state index contributed by atoms with van der Waals surface area (Å²) in [7, 11) is 0. The van der Waals surface area contributed by atoms with Gasteiger partial charge in [0.1, 0.15) is 5.75 Å². The van der Waals surface area contributed by atoms with Crippen molar-refractivity contribution in [2.24, 2.45) is 5.92 Å². The lowest BCUT2D eigenvalue weighted by atomic mass is 9.86. The van der Waals surface area contributed by atoms with E-state index < -0.39 is 0 Å². The molecule has 0 saturated heterocycles. The summed E-state index contributed by atoms with van der Waals surface area (Å²) < 4.78 is 5.44. The Balaban J connectivity index is 1.48. The monoisotopic (exact) mass is 334 g/mol. The van der Waals surface area contributed by atoms with Crippen LogP contribution in [0.4, 0.5) is 5.69 Å². The van der Waals surface area contributed by atoms with E-state index in [9.17, 15) is 4.79 Å². The molecule has 4 nitrogen and oxygen atoms in total. The van der Waals surface area contributed by atoms with Gasteiger partial charge in [0.15, 0.2) is 0 Å². The van der Waals surface area contributed by atoms with Crippen molar-refractivity contribution in [3.63, 3.8) is 0 Å². The van der Waals surface area contributed by atoms with Crippen LogP contribution in [0.3, 0.4) is 0 Å². The van der Waals surface area contributed by atoms with E-state index in [1.807, 2.05) is 37.3 Å². The van der Waals surface area contributed by atoms with Crippen LogP contribution in [0.1, 0.15) is 24.6 Å². The predicted molar refractivity (Wildman–Crippen MR) is 100 cm³/mol. The van der Waals surface area contributed by atoms with E-state index in [0.717, 1.165) is 30.7 Å². The first kappa shape index (κ1) is 15.8. The van der Waals surface area contributed by atoms with E-state index in [4.69, 9.17) is 4.74 Å². The van der Waals surface area contributed by atoms with Gasteiger partial charge < -0.3 is 15.0 Å². The van der Waals surface area contributed by atoms with E-state index in [0.29, 0.717) is 6.61 Å². The summed E-state index contributed by atoms with van der Waals surface area (Å²) in [5, 5.41) is 4.29. The smallest absolute Gasteiger partial charge is 0.227 e. The van der Waals surface area contributed by atoms with Gasteiger partial charge in [-0.05, 0) is 62.1 Å². The first-order valence-electron chi connectivity index (χ1n) is 8.87. The van der Waals surface area contributed by atoms with Gasteiger partial charge in [0.2, 0.25) is 5.91 Å². The summed E-state index contributed by atoms with van der Waals surface area (Å²) in [6.45, 7) is 2.60. The quantitative estimate of drug-likeness (QED) is 0.747. The van der Waals surface area contributed by atoms with Gasteiger partial charge in [0.25, 0.3) is 0 Å². The number of carbonyl (C=O) groups excluding carboxylic acids is 1. The Morgan fingerprint density at radius 2 is 2.00 bits per heavy atom. The first-order valence-corrected chi connectivity index (χ1v) is 8.87. The van der Waals surface area contributed by atoms with Crippen molar-refractivity contribution in [1.82, 2.24) is 4.98 Å². The molecule has 0 radical (unpaired) electrons. The molecule has 4 heteroatoms. The summed E-state index contributed by atoms with van der Waals surface area (Å²) in [4.78, 5) is 16.2. The number of aromatic nitrogens is 1. The van der Waals surface area contributed by atoms with Crippen molar-refractivity contribution in [1.29, 1.82) is 0 Å². The fourth-order valence-corrected chi connectivity index (χ4v) is 3.64. The lowest BCUT2D eigenvalue weighted by Crippen LogP contribution is -2.28. The number of amides is 1. The zero-order valence-electron chi connectivity index (χ0n) is 14.3. The third kappa shape index (κ3) is 3.12. The molecule has 2 N–H and O–H groups in total. The molecule has 1 atom stereocenters. The average molecular weight is 334 g/mol. The number of benzene rings is 2. The molecular formula is C21H22N2O2. The van der Waals surface area contributed by atoms with Crippen LogP contribution in [0.15, 0.2) is 48.5 Å². The maximum absolute atomic E-state index is 12.7. The Labute approximate surface area is 147 Å². The molecule has 0 fully saturated rings. The lowest BCUT2D eigenvalue weighted by Gasteiger charge is -2.22. The highest BCUT2D eigenvalue weighted by atomic mass is 16.5. The second-order valence-corrected chi connectivity index (χ2v) is 6.51. The number of anilines is 1. The minimum Gasteiger partial charge on any atom is -0.494 e. The van der Waals surface area contributed by atoms with Gasteiger partial charge in [-0.2, -0.15) is 0 Å². The van der Waals surface area contributed by atoms with Crippen LogP contribution in [-0.2, 0) is 17.6 Å². The van der Waals surface area contributed by atoms with Crippen molar-refractivity contribution < 1.29 is 9.53 Å². The SMILES string of the molecule is CCOc1ccc(NC(=O)C2CCc3[nH]c4ccccc4c3C2)cc1. The van der Waals surface area contributed by atoms with Gasteiger partial charge in [-0.1, -0.05) is 18.2 Å². The zero-order chi connectivity index (χ0) is 17.2. The average Bonchev–Trinajstić information content (AvgIpc) is 3.01. The molecule has 1 unspecified atom stereocenters. The van der Waals surface area contributed by atoms with Crippen LogP contribution in [0.5, 0.6) is 5.75 Å². The van der Waals surface area contributed by atoms with E-state index in [2.05, 4.69) is 28.5 Å². The van der Waals surface area contributed by atoms with Crippen molar-refractivity contribution >= 4 is 22.5 Å². The molecule has 0 aliphatic heterocycles. The number of fused-ring (bicyclic) bond motifs is 3. The fraction of sp³-hybridized carbons (Fsp3) is 0.286. The molecule has 3 aromatic rings. The number of aryl methyl sites for hydroxylation is 1. The number of H-pyrrole nitrogens is 1. The second-order valence-electron chi connectivity index (χ2n) is 6.51. The lowest BCUT2D eigenvalue weighted by molar-refractivity contribution is -0.120. The molecule has 0 spiro atoms. The molecule has 1 aromatic heterocycles. The highest BCUT2D eigenvalue weighted by Crippen LogP contribution is 2.32. The molecule has 2 aromatic carbocycles. The number of hydrogen-bond donors (Lipinski definition) is 2. The summed E-state index contributed by atoms with van der Waals surface area (Å²) in [6, 6.07) is 15.9. The Bertz CT molecular complexity index is 896. The third-order valence-electron chi connectivity index (χ3n) is 4.90. The number of nitrogens with one attached hydrogen (secondary N) is 2. The normalized spacial score (nSPS) is 16.4. The number of hydrogen-bond acceptors (Lipinski definition) is 2. The highest BCUT2D eigenvalue weighted by molar-refractivity contribution is 5.94. The van der Waals surface area contributed by atoms with Crippen LogP contribution < -0.4 is 10.1 Å². The second kappa shape index (κ2) is 6.63. The summed E-state index contributed by atoms with van der Waals surface area (Å²) >= 11 is 0. The maximum Gasteiger partial charge on any atom is 0.227 e. The molecule has 25 heavy (non-hydrogen) atoms. The molecule has 128 valence electrons. The molecule has 0 saturated carbocycles.